The van der Waals surface area contributed by atoms with Gasteiger partial charge in [-0.05, 0) is 67.1 Å². The first-order valence-corrected chi connectivity index (χ1v) is 21.5. The van der Waals surface area contributed by atoms with Crippen molar-refractivity contribution in [1.82, 2.24) is 35.8 Å². The van der Waals surface area contributed by atoms with Crippen molar-refractivity contribution in [3.63, 3.8) is 0 Å². The van der Waals surface area contributed by atoms with Crippen LogP contribution in [0.3, 0.4) is 0 Å². The molecule has 0 saturated carbocycles. The molecule has 0 atom stereocenters. The number of morpholine rings is 1. The zero-order valence-corrected chi connectivity index (χ0v) is 37.4. The Morgan fingerprint density at radius 1 is 0.606 bits per heavy atom. The van der Waals surface area contributed by atoms with Crippen molar-refractivity contribution in [2.75, 3.05) is 83.9 Å². The molecule has 0 bridgehead atoms. The van der Waals surface area contributed by atoms with Crippen molar-refractivity contribution >= 4 is 69.7 Å². The van der Waals surface area contributed by atoms with Crippen molar-refractivity contribution in [2.45, 2.75) is 18.8 Å². The van der Waals surface area contributed by atoms with Crippen LogP contribution in [-0.2, 0) is 21.8 Å². The number of phenolic OH excluding ortho intramolecular Hbond substituents is 1. The van der Waals surface area contributed by atoms with Crippen LogP contribution >= 0.6 is 11.6 Å². The Balaban J connectivity index is 0.000000209. The summed E-state index contributed by atoms with van der Waals surface area (Å²) in [6.45, 7) is 3.77. The van der Waals surface area contributed by atoms with E-state index in [4.69, 9.17) is 21.1 Å². The van der Waals surface area contributed by atoms with E-state index in [9.17, 15) is 49.8 Å². The SMILES string of the molecule is O=C(NNc1ncc(F)c(N2CCCOCC2)n1)c1ccc(Nc2cccc(C(F)(F)F)c2)cn1.O=C(NNc1ncc(F)c(N2CCOCC2)n1)c1cc(Nc2cccc(C(F)(F)F)c2)cc(Cl)c1O. The van der Waals surface area contributed by atoms with Crippen molar-refractivity contribution in [3.8, 4) is 5.75 Å². The fourth-order valence-corrected chi connectivity index (χ4v) is 6.92. The maximum absolute atomic E-state index is 14.2. The number of rotatable bonds is 12. The van der Waals surface area contributed by atoms with Crippen LogP contribution in [0.15, 0.2) is 91.4 Å². The standard InChI is InChI=1S/C22H19ClF4N6O3.C22H21F4N7O2/c23-16-10-14(29-13-3-1-2-12(8-13)22(25,26)27)9-15(18(16)34)20(35)31-32-21-28-11-17(24)19(30-21)33-4-6-36-7-5-33;23-17-13-28-21(30-19(17)33-7-2-9-35-10-8-33)32-31-20(34)18-6-5-16(12-27-18)29-15-4-1-3-14(11-15)22(24,25)26/h1-3,8-11,29,34H,4-7H2,(H,31,35)(H,28,30,32);1,3-6,11-13,29H,2,7-10H2,(H,31,34)(H,28,30,32). The molecule has 71 heavy (non-hydrogen) atoms. The van der Waals surface area contributed by atoms with Crippen LogP contribution < -0.4 is 42.1 Å². The summed E-state index contributed by atoms with van der Waals surface area (Å²) < 4.78 is 117. The van der Waals surface area contributed by atoms with Crippen molar-refractivity contribution in [2.24, 2.45) is 0 Å². The van der Waals surface area contributed by atoms with Crippen LogP contribution in [0.1, 0.15) is 38.4 Å². The lowest BCUT2D eigenvalue weighted by Gasteiger charge is -2.28. The molecule has 27 heteroatoms. The van der Waals surface area contributed by atoms with E-state index in [1.54, 1.807) is 9.80 Å². The van der Waals surface area contributed by atoms with Gasteiger partial charge in [-0.1, -0.05) is 23.7 Å². The number of nitrogens with one attached hydrogen (secondary N) is 6. The Kier molecular flexibility index (Phi) is 16.3. The van der Waals surface area contributed by atoms with Crippen LogP contribution in [0.4, 0.5) is 81.4 Å². The van der Waals surface area contributed by atoms with Crippen LogP contribution in [0.25, 0.3) is 0 Å². The zero-order chi connectivity index (χ0) is 50.7. The number of benzene rings is 3. The normalized spacial score (nSPS) is 14.0. The maximum Gasteiger partial charge on any atom is 0.416 e. The molecule has 8 rings (SSSR count). The van der Waals surface area contributed by atoms with Crippen molar-refractivity contribution in [1.29, 1.82) is 0 Å². The zero-order valence-electron chi connectivity index (χ0n) is 36.6. The van der Waals surface area contributed by atoms with Gasteiger partial charge in [-0.2, -0.15) is 36.3 Å². The number of hydrazine groups is 2. The second-order valence-electron chi connectivity index (χ2n) is 15.1. The number of carbonyl (C=O) groups is 2. The molecule has 0 aliphatic carbocycles. The van der Waals surface area contributed by atoms with E-state index in [-0.39, 0.29) is 56.9 Å². The average Bonchev–Trinajstić information content (AvgIpc) is 3.64. The van der Waals surface area contributed by atoms with Gasteiger partial charge in [0, 0.05) is 49.8 Å². The Morgan fingerprint density at radius 2 is 1.13 bits per heavy atom. The van der Waals surface area contributed by atoms with E-state index in [1.165, 1.54) is 54.7 Å². The van der Waals surface area contributed by atoms with Crippen LogP contribution in [0.2, 0.25) is 5.02 Å². The van der Waals surface area contributed by atoms with Crippen LogP contribution in [-0.4, -0.2) is 94.4 Å². The summed E-state index contributed by atoms with van der Waals surface area (Å²) in [4.78, 5) is 48.4. The minimum atomic E-state index is -4.54. The number of phenols is 1. The summed E-state index contributed by atoms with van der Waals surface area (Å²) in [5.41, 5.74) is 8.57. The van der Waals surface area contributed by atoms with E-state index >= 15 is 0 Å². The monoisotopic (exact) mass is 1020 g/mol. The average molecular weight is 1020 g/mol. The fourth-order valence-electron chi connectivity index (χ4n) is 6.70. The van der Waals surface area contributed by atoms with Gasteiger partial charge in [0.1, 0.15) is 11.4 Å². The molecule has 5 heterocycles. The minimum Gasteiger partial charge on any atom is -0.506 e. The second kappa shape index (κ2) is 22.7. The molecular formula is C44H40ClF8N13O5. The van der Waals surface area contributed by atoms with E-state index in [0.29, 0.717) is 58.3 Å². The number of halogens is 9. The molecule has 2 amide bonds. The number of pyridine rings is 1. The third kappa shape index (κ3) is 13.9. The largest absolute Gasteiger partial charge is 0.506 e. The van der Waals surface area contributed by atoms with Gasteiger partial charge in [0.15, 0.2) is 23.3 Å². The van der Waals surface area contributed by atoms with E-state index in [2.05, 4.69) is 57.3 Å². The molecule has 0 radical (unpaired) electrons. The van der Waals surface area contributed by atoms with Gasteiger partial charge < -0.3 is 35.0 Å². The number of anilines is 8. The summed E-state index contributed by atoms with van der Waals surface area (Å²) in [6.07, 6.45) is -5.00. The highest BCUT2D eigenvalue weighted by Gasteiger charge is 2.31. The summed E-state index contributed by atoms with van der Waals surface area (Å²) in [5, 5.41) is 15.6. The summed E-state index contributed by atoms with van der Waals surface area (Å²) in [6, 6.07) is 14.5. The molecule has 2 saturated heterocycles. The number of alkyl halides is 6. The Labute approximate surface area is 402 Å². The van der Waals surface area contributed by atoms with Crippen LogP contribution in [0.5, 0.6) is 5.75 Å². The Bertz CT molecular complexity index is 2820. The Morgan fingerprint density at radius 3 is 1.66 bits per heavy atom. The number of ether oxygens (including phenoxy) is 2. The third-order valence-corrected chi connectivity index (χ3v) is 10.4. The summed E-state index contributed by atoms with van der Waals surface area (Å²) in [7, 11) is 0. The summed E-state index contributed by atoms with van der Waals surface area (Å²) in [5.74, 6) is -3.26. The number of aromatic hydroxyl groups is 1. The van der Waals surface area contributed by atoms with Crippen molar-refractivity contribution < 1.29 is 59.3 Å². The van der Waals surface area contributed by atoms with Gasteiger partial charge in [-0.3, -0.25) is 31.3 Å². The second-order valence-corrected chi connectivity index (χ2v) is 15.5. The quantitative estimate of drug-likeness (QED) is 0.0350. The minimum absolute atomic E-state index is 0.0113. The Hall–Kier alpha value is -7.84. The van der Waals surface area contributed by atoms with E-state index in [1.807, 2.05) is 0 Å². The third-order valence-electron chi connectivity index (χ3n) is 10.1. The van der Waals surface area contributed by atoms with Gasteiger partial charge >= 0.3 is 12.4 Å². The van der Waals surface area contributed by atoms with E-state index in [0.717, 1.165) is 43.1 Å². The lowest BCUT2D eigenvalue weighted by atomic mass is 10.1. The number of hydrogen-bond acceptors (Lipinski definition) is 16. The first-order chi connectivity index (χ1) is 33.9. The van der Waals surface area contributed by atoms with E-state index < -0.39 is 52.7 Å². The first kappa shape index (κ1) is 51.0. The summed E-state index contributed by atoms with van der Waals surface area (Å²) >= 11 is 6.02. The maximum atomic E-state index is 14.2. The highest BCUT2D eigenvalue weighted by molar-refractivity contribution is 6.33. The van der Waals surface area contributed by atoms with Gasteiger partial charge in [0.25, 0.3) is 11.8 Å². The predicted octanol–water partition coefficient (Wildman–Crippen LogP) is 8.09. The molecule has 6 aromatic rings. The van der Waals surface area contributed by atoms with Gasteiger partial charge in [0.05, 0.1) is 65.8 Å². The highest BCUT2D eigenvalue weighted by atomic mass is 35.5. The molecule has 374 valence electrons. The predicted molar refractivity (Wildman–Crippen MR) is 244 cm³/mol. The molecule has 0 spiro atoms. The number of hydrogen-bond donors (Lipinski definition) is 7. The number of aromatic nitrogens is 5. The molecule has 2 aliphatic rings. The molecule has 3 aromatic heterocycles. The number of amides is 2. The number of carbonyl (C=O) groups excluding carboxylic acids is 2. The first-order valence-electron chi connectivity index (χ1n) is 21.1. The smallest absolute Gasteiger partial charge is 0.416 e. The van der Waals surface area contributed by atoms with Crippen molar-refractivity contribution in [3.05, 3.63) is 130 Å². The lowest BCUT2D eigenvalue weighted by molar-refractivity contribution is -0.138. The molecule has 0 unspecified atom stereocenters. The molecular weight excluding hydrogens is 978 g/mol. The van der Waals surface area contributed by atoms with Gasteiger partial charge in [0.2, 0.25) is 11.9 Å². The molecule has 3 aromatic carbocycles. The van der Waals surface area contributed by atoms with Gasteiger partial charge in [-0.25, -0.2) is 23.7 Å². The van der Waals surface area contributed by atoms with Crippen LogP contribution in [0, 0.1) is 11.6 Å². The number of nitrogens with zero attached hydrogens (tertiary/aromatic N) is 7. The topological polar surface area (TPSA) is 216 Å². The highest BCUT2D eigenvalue weighted by Crippen LogP contribution is 2.35. The molecule has 2 aliphatic heterocycles. The molecule has 2 fully saturated rings. The lowest BCUT2D eigenvalue weighted by Crippen LogP contribution is -2.38. The fraction of sp³-hybridized carbons (Fsp3) is 0.250. The van der Waals surface area contributed by atoms with Gasteiger partial charge in [-0.15, -0.1) is 0 Å². The molecule has 7 N–H and O–H groups in total. The molecule has 18 nitrogen and oxygen atoms in total.